The molecule has 4 heterocycles. The summed E-state index contributed by atoms with van der Waals surface area (Å²) in [6.07, 6.45) is 4.06. The van der Waals surface area contributed by atoms with Gasteiger partial charge in [-0.1, -0.05) is 6.07 Å². The summed E-state index contributed by atoms with van der Waals surface area (Å²) in [6, 6.07) is 12.3. The quantitative estimate of drug-likeness (QED) is 0.284. The van der Waals surface area contributed by atoms with Gasteiger partial charge in [0.2, 0.25) is 5.88 Å². The molecule has 0 spiro atoms. The molecule has 0 saturated carbocycles. The molecule has 2 aromatic carbocycles. The summed E-state index contributed by atoms with van der Waals surface area (Å²) in [5.41, 5.74) is 3.63. The number of aryl methyl sites for hydroxylation is 1. The molecule has 2 fully saturated rings. The van der Waals surface area contributed by atoms with E-state index in [1.807, 2.05) is 44.2 Å². The molecule has 0 unspecified atom stereocenters. The van der Waals surface area contributed by atoms with Crippen LogP contribution >= 0.6 is 0 Å². The summed E-state index contributed by atoms with van der Waals surface area (Å²) < 4.78 is 23.3. The average molecular weight is 571 g/mol. The van der Waals surface area contributed by atoms with Crippen LogP contribution in [-0.4, -0.2) is 73.4 Å². The molecule has 42 heavy (non-hydrogen) atoms. The summed E-state index contributed by atoms with van der Waals surface area (Å²) in [6.45, 7) is 8.59. The topological polar surface area (TPSA) is 94.1 Å². The molecule has 6 rings (SSSR count). The molecule has 220 valence electrons. The lowest BCUT2D eigenvalue weighted by molar-refractivity contribution is 0.230. The number of piperazine rings is 1. The van der Waals surface area contributed by atoms with Gasteiger partial charge in [0, 0.05) is 55.5 Å². The molecule has 1 atom stereocenters. The Morgan fingerprint density at radius 1 is 0.929 bits per heavy atom. The van der Waals surface area contributed by atoms with Gasteiger partial charge in [0.1, 0.15) is 46.3 Å². The zero-order valence-electron chi connectivity index (χ0n) is 24.9. The van der Waals surface area contributed by atoms with Crippen molar-refractivity contribution >= 4 is 22.5 Å². The van der Waals surface area contributed by atoms with Gasteiger partial charge in [-0.25, -0.2) is 9.97 Å². The first kappa shape index (κ1) is 27.8. The third-order valence-corrected chi connectivity index (χ3v) is 8.40. The summed E-state index contributed by atoms with van der Waals surface area (Å²) in [7, 11) is 4.96. The number of methoxy groups -OCH3 is 3. The van der Waals surface area contributed by atoms with Gasteiger partial charge < -0.3 is 29.2 Å². The fourth-order valence-electron chi connectivity index (χ4n) is 6.06. The lowest BCUT2D eigenvalue weighted by atomic mass is 10.1. The third-order valence-electron chi connectivity index (χ3n) is 8.40. The first-order chi connectivity index (χ1) is 20.5. The maximum atomic E-state index is 6.69. The standard InChI is InChI=1S/C32H38N6O4/c1-20-8-11-26(40-4)21(2)30(20)42-32-29-25(16-28(36-32)38-14-13-37-12-6-7-23(37)18-38)34-19-35-31(29)33-17-22-9-10-24(39-3)15-27(22)41-5/h8-11,15-16,19,23H,6-7,12-14,17-18H2,1-5H3,(H,33,34,35)/t23-/m0/s1. The maximum absolute atomic E-state index is 6.69. The van der Waals surface area contributed by atoms with E-state index in [9.17, 15) is 0 Å². The fourth-order valence-corrected chi connectivity index (χ4v) is 6.06. The highest BCUT2D eigenvalue weighted by Gasteiger charge is 2.32. The Balaban J connectivity index is 1.41. The molecule has 0 bridgehead atoms. The number of pyridine rings is 1. The summed E-state index contributed by atoms with van der Waals surface area (Å²) in [4.78, 5) is 19.4. The van der Waals surface area contributed by atoms with E-state index in [0.29, 0.717) is 30.0 Å². The first-order valence-electron chi connectivity index (χ1n) is 14.4. The van der Waals surface area contributed by atoms with E-state index in [-0.39, 0.29) is 0 Å². The molecule has 2 aromatic heterocycles. The molecular formula is C32H38N6O4. The smallest absolute Gasteiger partial charge is 0.234 e. The van der Waals surface area contributed by atoms with E-state index in [2.05, 4.69) is 31.2 Å². The van der Waals surface area contributed by atoms with Crippen molar-refractivity contribution in [3.63, 3.8) is 0 Å². The van der Waals surface area contributed by atoms with Crippen molar-refractivity contribution in [2.75, 3.05) is 57.7 Å². The van der Waals surface area contributed by atoms with Crippen molar-refractivity contribution in [1.82, 2.24) is 19.9 Å². The van der Waals surface area contributed by atoms with E-state index in [4.69, 9.17) is 23.9 Å². The minimum absolute atomic E-state index is 0.459. The molecule has 0 radical (unpaired) electrons. The zero-order chi connectivity index (χ0) is 29.2. The van der Waals surface area contributed by atoms with Crippen LogP contribution in [0.15, 0.2) is 42.7 Å². The number of aromatic nitrogens is 3. The Bertz CT molecular complexity index is 1600. The second kappa shape index (κ2) is 11.9. The number of nitrogens with zero attached hydrogens (tertiary/aromatic N) is 5. The van der Waals surface area contributed by atoms with Crippen LogP contribution in [0.5, 0.6) is 28.9 Å². The van der Waals surface area contributed by atoms with Gasteiger partial charge in [-0.05, 0) is 57.0 Å². The Morgan fingerprint density at radius 2 is 1.79 bits per heavy atom. The van der Waals surface area contributed by atoms with Crippen LogP contribution in [0.2, 0.25) is 0 Å². The van der Waals surface area contributed by atoms with Gasteiger partial charge in [-0.15, -0.1) is 0 Å². The molecule has 1 N–H and O–H groups in total. The van der Waals surface area contributed by atoms with Crippen molar-refractivity contribution in [2.45, 2.75) is 39.3 Å². The van der Waals surface area contributed by atoms with E-state index >= 15 is 0 Å². The number of nitrogens with one attached hydrogen (secondary N) is 1. The first-order valence-corrected chi connectivity index (χ1v) is 14.4. The number of benzene rings is 2. The Kier molecular flexibility index (Phi) is 7.88. The van der Waals surface area contributed by atoms with Crippen LogP contribution in [0.4, 0.5) is 11.6 Å². The largest absolute Gasteiger partial charge is 0.497 e. The lowest BCUT2D eigenvalue weighted by Gasteiger charge is -2.38. The lowest BCUT2D eigenvalue weighted by Crippen LogP contribution is -2.50. The van der Waals surface area contributed by atoms with Crippen LogP contribution in [-0.2, 0) is 6.54 Å². The average Bonchev–Trinajstić information content (AvgIpc) is 3.50. The van der Waals surface area contributed by atoms with Crippen molar-refractivity contribution in [1.29, 1.82) is 0 Å². The Labute approximate surface area is 246 Å². The van der Waals surface area contributed by atoms with Gasteiger partial charge in [-0.2, -0.15) is 4.98 Å². The Hall–Kier alpha value is -4.31. The van der Waals surface area contributed by atoms with Crippen molar-refractivity contribution < 1.29 is 18.9 Å². The second-order valence-corrected chi connectivity index (χ2v) is 10.9. The normalized spacial score (nSPS) is 16.8. The number of fused-ring (bicyclic) bond motifs is 2. The van der Waals surface area contributed by atoms with Crippen LogP contribution in [0, 0.1) is 13.8 Å². The Morgan fingerprint density at radius 3 is 2.60 bits per heavy atom. The number of anilines is 2. The van der Waals surface area contributed by atoms with E-state index in [0.717, 1.165) is 70.3 Å². The van der Waals surface area contributed by atoms with Crippen LogP contribution < -0.4 is 29.2 Å². The highest BCUT2D eigenvalue weighted by Crippen LogP contribution is 2.40. The molecule has 10 nitrogen and oxygen atoms in total. The number of hydrogen-bond donors (Lipinski definition) is 1. The molecule has 0 amide bonds. The van der Waals surface area contributed by atoms with Crippen molar-refractivity contribution in [2.24, 2.45) is 0 Å². The maximum Gasteiger partial charge on any atom is 0.234 e. The number of ether oxygens (including phenoxy) is 4. The second-order valence-electron chi connectivity index (χ2n) is 10.9. The third kappa shape index (κ3) is 5.34. The van der Waals surface area contributed by atoms with Gasteiger partial charge in [-0.3, -0.25) is 4.90 Å². The SMILES string of the molecule is COc1ccc(CNc2ncnc3cc(N4CCN5CCC[C@H]5C4)nc(Oc4c(C)ccc(OC)c4C)c23)c(OC)c1. The predicted molar refractivity (Wildman–Crippen MR) is 164 cm³/mol. The van der Waals surface area contributed by atoms with Gasteiger partial charge in [0.05, 0.1) is 26.8 Å². The predicted octanol–water partition coefficient (Wildman–Crippen LogP) is 5.36. The summed E-state index contributed by atoms with van der Waals surface area (Å²) in [5.74, 6) is 4.89. The van der Waals surface area contributed by atoms with Crippen LogP contribution in [0.3, 0.4) is 0 Å². The fraction of sp³-hybridized carbons (Fsp3) is 0.406. The highest BCUT2D eigenvalue weighted by atomic mass is 16.5. The van der Waals surface area contributed by atoms with Gasteiger partial charge >= 0.3 is 0 Å². The molecule has 4 aromatic rings. The number of rotatable bonds is 9. The molecule has 10 heteroatoms. The monoisotopic (exact) mass is 570 g/mol. The van der Waals surface area contributed by atoms with Gasteiger partial charge in [0.15, 0.2) is 0 Å². The molecular weight excluding hydrogens is 532 g/mol. The zero-order valence-corrected chi connectivity index (χ0v) is 24.9. The molecule has 2 aliphatic heterocycles. The summed E-state index contributed by atoms with van der Waals surface area (Å²) >= 11 is 0. The molecule has 2 aliphatic rings. The molecule has 2 saturated heterocycles. The van der Waals surface area contributed by atoms with Crippen molar-refractivity contribution in [3.8, 4) is 28.9 Å². The number of hydrogen-bond acceptors (Lipinski definition) is 10. The summed E-state index contributed by atoms with van der Waals surface area (Å²) in [5, 5.41) is 4.20. The molecule has 0 aliphatic carbocycles. The van der Waals surface area contributed by atoms with E-state index in [1.54, 1.807) is 27.7 Å². The van der Waals surface area contributed by atoms with E-state index in [1.165, 1.54) is 19.4 Å². The highest BCUT2D eigenvalue weighted by molar-refractivity contribution is 5.95. The van der Waals surface area contributed by atoms with E-state index < -0.39 is 0 Å². The minimum atomic E-state index is 0.459. The minimum Gasteiger partial charge on any atom is -0.497 e. The van der Waals surface area contributed by atoms with Crippen LogP contribution in [0.25, 0.3) is 10.9 Å². The van der Waals surface area contributed by atoms with Crippen LogP contribution in [0.1, 0.15) is 29.5 Å². The van der Waals surface area contributed by atoms with Gasteiger partial charge in [0.25, 0.3) is 0 Å². The van der Waals surface area contributed by atoms with Crippen molar-refractivity contribution in [3.05, 3.63) is 59.4 Å².